The molecule has 0 aliphatic carbocycles. The molecular weight excluding hydrogens is 475 g/mol. The number of carboxylic acid groups (broad SMARTS) is 2. The first kappa shape index (κ1) is 23.8. The Morgan fingerprint density at radius 2 is 1.85 bits per heavy atom. The van der Waals surface area contributed by atoms with Crippen LogP contribution in [0.2, 0.25) is 5.28 Å². The molecule has 2 aromatic heterocycles. The van der Waals surface area contributed by atoms with Crippen LogP contribution in [0.5, 0.6) is 5.88 Å². The van der Waals surface area contributed by atoms with E-state index < -0.39 is 54.3 Å². The number of ether oxygens (including phenoxy) is 1. The summed E-state index contributed by atoms with van der Waals surface area (Å²) in [4.78, 5) is 35.5. The van der Waals surface area contributed by atoms with Crippen LogP contribution in [-0.4, -0.2) is 70.3 Å². The largest absolute Gasteiger partial charge is 0.492 e. The molecule has 0 unspecified atom stereocenters. The number of nitrogens with zero attached hydrogens (tertiary/aromatic N) is 4. The first-order valence-corrected chi connectivity index (χ1v) is 10.6. The van der Waals surface area contributed by atoms with Crippen molar-refractivity contribution in [3.8, 4) is 5.88 Å². The van der Waals surface area contributed by atoms with E-state index in [-0.39, 0.29) is 29.3 Å². The van der Waals surface area contributed by atoms with Crippen molar-refractivity contribution < 1.29 is 39.1 Å². The van der Waals surface area contributed by atoms with E-state index in [1.807, 2.05) is 0 Å². The normalized spacial score (nSPS) is 22.8. The topological polar surface area (TPSA) is 168 Å². The number of carbonyl (C=O) groups is 2. The van der Waals surface area contributed by atoms with E-state index in [1.165, 1.54) is 0 Å². The fourth-order valence-electron chi connectivity index (χ4n) is 4.11. The number of aromatic nitrogens is 4. The molecule has 4 rings (SSSR count). The molecule has 4 N–H and O–H groups in total. The molecule has 1 aromatic carbocycles. The quantitative estimate of drug-likeness (QED) is 0.268. The smallest absolute Gasteiger partial charge is 0.321 e. The number of hydrogen-bond acceptors (Lipinski definition) is 8. The van der Waals surface area contributed by atoms with Crippen LogP contribution in [0.15, 0.2) is 36.7 Å². The van der Waals surface area contributed by atoms with Gasteiger partial charge in [-0.2, -0.15) is 9.97 Å². The molecule has 0 amide bonds. The third-order valence-corrected chi connectivity index (χ3v) is 6.14. The maximum atomic E-state index is 15.0. The molecule has 180 valence electrons. The van der Waals surface area contributed by atoms with Crippen molar-refractivity contribution in [2.24, 2.45) is 5.41 Å². The Bertz CT molecular complexity index is 1210. The predicted molar refractivity (Wildman–Crippen MR) is 114 cm³/mol. The zero-order chi connectivity index (χ0) is 24.6. The van der Waals surface area contributed by atoms with Crippen molar-refractivity contribution in [3.63, 3.8) is 0 Å². The first-order valence-electron chi connectivity index (χ1n) is 10.2. The zero-order valence-electron chi connectivity index (χ0n) is 17.5. The maximum Gasteiger partial charge on any atom is 0.321 e. The molecule has 0 spiro atoms. The molecule has 13 heteroatoms. The number of carboxylic acids is 2. The monoisotopic (exact) mass is 494 g/mol. The summed E-state index contributed by atoms with van der Waals surface area (Å²) in [6.07, 6.45) is -6.13. The van der Waals surface area contributed by atoms with E-state index in [0.29, 0.717) is 5.56 Å². The fraction of sp³-hybridized carbons (Fsp3) is 0.381. The lowest BCUT2D eigenvalue weighted by molar-refractivity contribution is -0.166. The van der Waals surface area contributed by atoms with Crippen LogP contribution in [-0.2, 0) is 20.7 Å². The Labute approximate surface area is 196 Å². The molecule has 34 heavy (non-hydrogen) atoms. The molecule has 11 nitrogen and oxygen atoms in total. The molecule has 1 saturated heterocycles. The number of aliphatic hydroxyl groups is 1. The number of benzene rings is 1. The van der Waals surface area contributed by atoms with Gasteiger partial charge in [0.1, 0.15) is 6.10 Å². The average molecular weight is 495 g/mol. The Hall–Kier alpha value is -3.35. The van der Waals surface area contributed by atoms with Crippen molar-refractivity contribution >= 4 is 34.7 Å². The van der Waals surface area contributed by atoms with Crippen molar-refractivity contribution in [1.82, 2.24) is 19.5 Å². The van der Waals surface area contributed by atoms with Gasteiger partial charge in [0.15, 0.2) is 29.0 Å². The van der Waals surface area contributed by atoms with E-state index in [9.17, 15) is 30.0 Å². The molecule has 4 atom stereocenters. The number of imidazole rings is 1. The van der Waals surface area contributed by atoms with Crippen molar-refractivity contribution in [2.75, 3.05) is 0 Å². The Kier molecular flexibility index (Phi) is 6.39. The summed E-state index contributed by atoms with van der Waals surface area (Å²) in [5, 5.41) is 39.6. The van der Waals surface area contributed by atoms with Crippen molar-refractivity contribution in [1.29, 1.82) is 0 Å². The Balaban J connectivity index is 1.57. The minimum absolute atomic E-state index is 0.0347. The molecule has 3 aromatic rings. The number of aliphatic hydroxyl groups excluding tert-OH is 1. The summed E-state index contributed by atoms with van der Waals surface area (Å²) in [6, 6.07) is 8.27. The van der Waals surface area contributed by atoms with Crippen LogP contribution in [0.1, 0.15) is 24.6 Å². The van der Waals surface area contributed by atoms with Gasteiger partial charge in [-0.05, 0) is 36.4 Å². The minimum Gasteiger partial charge on any atom is -0.492 e. The van der Waals surface area contributed by atoms with E-state index in [0.717, 1.165) is 10.9 Å². The third-order valence-electron chi connectivity index (χ3n) is 5.97. The van der Waals surface area contributed by atoms with Gasteiger partial charge in [0.25, 0.3) is 0 Å². The molecule has 0 saturated carbocycles. The highest BCUT2D eigenvalue weighted by Gasteiger charge is 2.50. The number of rotatable bonds is 8. The molecular formula is C21H20ClFN4O7. The molecule has 0 radical (unpaired) electrons. The number of aromatic hydroxyl groups is 1. The minimum atomic E-state index is -2.21. The standard InChI is InChI=1S/C21H20ClFN4O7/c22-20-25-15-13(16(29)26-20)24-9-27(15)17-12(23)14(28)11(34-17)6-7-21(18(30)31,19(32)33)8-10-4-2-1-3-5-10/h1-5,9,11-12,14,17,28H,6-8H2,(H,30,31)(H,32,33)(H,25,26,29)/t11-,12+,14-,17-/m1/s1. The maximum absolute atomic E-state index is 15.0. The van der Waals surface area contributed by atoms with E-state index in [1.54, 1.807) is 30.3 Å². The lowest BCUT2D eigenvalue weighted by atomic mass is 9.77. The molecule has 1 aliphatic rings. The van der Waals surface area contributed by atoms with Gasteiger partial charge in [-0.3, -0.25) is 14.2 Å². The Morgan fingerprint density at radius 1 is 1.18 bits per heavy atom. The number of fused-ring (bicyclic) bond motifs is 1. The van der Waals surface area contributed by atoms with Gasteiger partial charge >= 0.3 is 11.9 Å². The van der Waals surface area contributed by atoms with Crippen LogP contribution in [0, 0.1) is 5.41 Å². The highest BCUT2D eigenvalue weighted by molar-refractivity contribution is 6.28. The Morgan fingerprint density at radius 3 is 2.50 bits per heavy atom. The summed E-state index contributed by atoms with van der Waals surface area (Å²) >= 11 is 5.76. The summed E-state index contributed by atoms with van der Waals surface area (Å²) in [6.45, 7) is 0. The number of alkyl halides is 1. The van der Waals surface area contributed by atoms with Gasteiger partial charge in [0.05, 0.1) is 12.4 Å². The summed E-state index contributed by atoms with van der Waals surface area (Å²) in [5.41, 5.74) is -1.80. The first-order chi connectivity index (χ1) is 16.1. The number of hydrogen-bond donors (Lipinski definition) is 4. The van der Waals surface area contributed by atoms with Gasteiger partial charge in [-0.25, -0.2) is 9.37 Å². The highest BCUT2D eigenvalue weighted by atomic mass is 35.5. The van der Waals surface area contributed by atoms with Gasteiger partial charge in [-0.15, -0.1) is 0 Å². The fourth-order valence-corrected chi connectivity index (χ4v) is 4.27. The summed E-state index contributed by atoms with van der Waals surface area (Å²) < 4.78 is 21.8. The van der Waals surface area contributed by atoms with Gasteiger partial charge in [0, 0.05) is 0 Å². The second-order valence-corrected chi connectivity index (χ2v) is 8.37. The van der Waals surface area contributed by atoms with Gasteiger partial charge < -0.3 is 25.2 Å². The van der Waals surface area contributed by atoms with E-state index >= 15 is 4.39 Å². The molecule has 1 aliphatic heterocycles. The van der Waals surface area contributed by atoms with E-state index in [2.05, 4.69) is 15.0 Å². The molecule has 3 heterocycles. The summed E-state index contributed by atoms with van der Waals surface area (Å²) in [5.74, 6) is -3.62. The molecule has 0 bridgehead atoms. The zero-order valence-corrected chi connectivity index (χ0v) is 18.2. The number of halogens is 2. The SMILES string of the molecule is O=C(O)C(CC[C@H]1O[C@@H](n2cnc3c(O)nc(Cl)nc32)[C@@H](F)[C@@H]1O)(Cc1ccccc1)C(=O)O. The lowest BCUT2D eigenvalue weighted by Gasteiger charge is -2.27. The van der Waals surface area contributed by atoms with Gasteiger partial charge in [-0.1, -0.05) is 30.3 Å². The van der Waals surface area contributed by atoms with Gasteiger partial charge in [0.2, 0.25) is 11.2 Å². The highest BCUT2D eigenvalue weighted by Crippen LogP contribution is 2.39. The lowest BCUT2D eigenvalue weighted by Crippen LogP contribution is -2.42. The number of aliphatic carboxylic acids is 2. The molecule has 1 fully saturated rings. The van der Waals surface area contributed by atoms with Crippen LogP contribution < -0.4 is 0 Å². The predicted octanol–water partition coefficient (Wildman–Crippen LogP) is 1.96. The van der Waals surface area contributed by atoms with Crippen LogP contribution in [0.3, 0.4) is 0 Å². The van der Waals surface area contributed by atoms with Crippen LogP contribution >= 0.6 is 11.6 Å². The average Bonchev–Trinajstić information content (AvgIpc) is 3.33. The third kappa shape index (κ3) is 4.15. The van der Waals surface area contributed by atoms with E-state index in [4.69, 9.17) is 16.3 Å². The van der Waals surface area contributed by atoms with Crippen LogP contribution in [0.25, 0.3) is 11.2 Å². The van der Waals surface area contributed by atoms with Crippen molar-refractivity contribution in [2.45, 2.75) is 43.9 Å². The van der Waals surface area contributed by atoms with Crippen LogP contribution in [0.4, 0.5) is 4.39 Å². The second kappa shape index (κ2) is 9.12. The second-order valence-electron chi connectivity index (χ2n) is 8.03. The summed E-state index contributed by atoms with van der Waals surface area (Å²) in [7, 11) is 0. The van der Waals surface area contributed by atoms with Crippen molar-refractivity contribution in [3.05, 3.63) is 47.5 Å².